The van der Waals surface area contributed by atoms with Gasteiger partial charge >= 0.3 is 0 Å². The van der Waals surface area contributed by atoms with Gasteiger partial charge in [0.25, 0.3) is 5.91 Å². The van der Waals surface area contributed by atoms with Gasteiger partial charge in [0.05, 0.1) is 0 Å². The van der Waals surface area contributed by atoms with Crippen molar-refractivity contribution >= 4 is 23.2 Å². The molecule has 5 nitrogen and oxygen atoms in total. The third-order valence-electron chi connectivity index (χ3n) is 4.80. The van der Waals surface area contributed by atoms with Gasteiger partial charge < -0.3 is 15.4 Å². The van der Waals surface area contributed by atoms with Gasteiger partial charge in [0.15, 0.2) is 6.61 Å². The molecule has 0 saturated carbocycles. The van der Waals surface area contributed by atoms with Gasteiger partial charge in [-0.1, -0.05) is 45.9 Å². The van der Waals surface area contributed by atoms with E-state index in [-0.39, 0.29) is 23.8 Å². The van der Waals surface area contributed by atoms with E-state index in [0.717, 1.165) is 12.8 Å². The molecule has 0 heterocycles. The lowest BCUT2D eigenvalue weighted by molar-refractivity contribution is -0.118. The summed E-state index contributed by atoms with van der Waals surface area (Å²) in [6.45, 7) is 8.45. The number of anilines is 2. The molecule has 2 aromatic carbocycles. The second-order valence-corrected chi connectivity index (χ2v) is 7.48. The van der Waals surface area contributed by atoms with Gasteiger partial charge in [-0.15, -0.1) is 0 Å². The van der Waals surface area contributed by atoms with Crippen molar-refractivity contribution in [1.82, 2.24) is 0 Å². The predicted molar refractivity (Wildman–Crippen MR) is 114 cm³/mol. The quantitative estimate of drug-likeness (QED) is 0.632. The molecule has 0 aromatic heterocycles. The van der Waals surface area contributed by atoms with Crippen LogP contribution in [0.3, 0.4) is 0 Å². The van der Waals surface area contributed by atoms with Crippen molar-refractivity contribution < 1.29 is 14.3 Å². The van der Waals surface area contributed by atoms with Crippen molar-refractivity contribution in [2.75, 3.05) is 17.2 Å². The summed E-state index contributed by atoms with van der Waals surface area (Å²) >= 11 is 0. The Morgan fingerprint density at radius 3 is 2.11 bits per heavy atom. The minimum absolute atomic E-state index is 0.0380. The fourth-order valence-corrected chi connectivity index (χ4v) is 2.68. The molecule has 0 aliphatic carbocycles. The Labute approximate surface area is 167 Å². The molecule has 0 atom stereocenters. The largest absolute Gasteiger partial charge is 0.484 e. The number of carbonyl (C=O) groups excluding carboxylic acids is 2. The summed E-state index contributed by atoms with van der Waals surface area (Å²) in [5, 5.41) is 5.60. The molecular formula is C23H30N2O3. The second kappa shape index (κ2) is 9.93. The lowest BCUT2D eigenvalue weighted by Crippen LogP contribution is -2.20. The van der Waals surface area contributed by atoms with Gasteiger partial charge in [-0.3, -0.25) is 9.59 Å². The molecule has 2 N–H and O–H groups in total. The number of nitrogens with one attached hydrogen (secondary N) is 2. The van der Waals surface area contributed by atoms with Crippen LogP contribution in [0.2, 0.25) is 0 Å². The molecule has 2 amide bonds. The molecule has 0 aliphatic rings. The summed E-state index contributed by atoms with van der Waals surface area (Å²) in [6, 6.07) is 14.9. The Hall–Kier alpha value is -2.82. The average molecular weight is 383 g/mol. The summed E-state index contributed by atoms with van der Waals surface area (Å²) < 4.78 is 5.59. The molecule has 2 rings (SSSR count). The highest BCUT2D eigenvalue weighted by Gasteiger charge is 2.17. The lowest BCUT2D eigenvalue weighted by atomic mass is 9.82. The first-order chi connectivity index (χ1) is 13.3. The van der Waals surface area contributed by atoms with Crippen LogP contribution in [0.15, 0.2) is 48.5 Å². The third-order valence-corrected chi connectivity index (χ3v) is 4.80. The third kappa shape index (κ3) is 6.41. The van der Waals surface area contributed by atoms with Gasteiger partial charge in [-0.2, -0.15) is 0 Å². The van der Waals surface area contributed by atoms with Crippen LogP contribution in [0.25, 0.3) is 0 Å². The SMILES string of the molecule is CCCC(=O)Nc1cccc(NC(=O)COc2ccc(C(C)(C)CC)cc2)c1. The number of ether oxygens (including phenoxy) is 1. The van der Waals surface area contributed by atoms with Gasteiger partial charge in [0, 0.05) is 17.8 Å². The van der Waals surface area contributed by atoms with Crippen LogP contribution in [0.4, 0.5) is 11.4 Å². The minimum atomic E-state index is -0.255. The zero-order chi connectivity index (χ0) is 20.6. The maximum absolute atomic E-state index is 12.2. The zero-order valence-electron chi connectivity index (χ0n) is 17.2. The molecule has 0 spiro atoms. The van der Waals surface area contributed by atoms with Crippen molar-refractivity contribution in [3.63, 3.8) is 0 Å². The Morgan fingerprint density at radius 2 is 1.54 bits per heavy atom. The molecular weight excluding hydrogens is 352 g/mol. The first-order valence-corrected chi connectivity index (χ1v) is 9.77. The van der Waals surface area contributed by atoms with E-state index >= 15 is 0 Å². The highest BCUT2D eigenvalue weighted by Crippen LogP contribution is 2.28. The first-order valence-electron chi connectivity index (χ1n) is 9.77. The van der Waals surface area contributed by atoms with Crippen LogP contribution in [0, 0.1) is 0 Å². The molecule has 0 unspecified atom stereocenters. The van der Waals surface area contributed by atoms with E-state index in [1.54, 1.807) is 24.3 Å². The van der Waals surface area contributed by atoms with Crippen molar-refractivity contribution in [3.05, 3.63) is 54.1 Å². The fraction of sp³-hybridized carbons (Fsp3) is 0.391. The van der Waals surface area contributed by atoms with Crippen LogP contribution < -0.4 is 15.4 Å². The average Bonchev–Trinajstić information content (AvgIpc) is 2.67. The fourth-order valence-electron chi connectivity index (χ4n) is 2.68. The Bertz CT molecular complexity index is 798. The van der Waals surface area contributed by atoms with Crippen LogP contribution in [-0.2, 0) is 15.0 Å². The van der Waals surface area contributed by atoms with E-state index in [1.807, 2.05) is 31.2 Å². The molecule has 150 valence electrons. The van der Waals surface area contributed by atoms with Crippen LogP contribution in [0.1, 0.15) is 52.5 Å². The zero-order valence-corrected chi connectivity index (χ0v) is 17.2. The molecule has 0 fully saturated rings. The van der Waals surface area contributed by atoms with Crippen molar-refractivity contribution in [2.24, 2.45) is 0 Å². The predicted octanol–water partition coefficient (Wildman–Crippen LogP) is 5.13. The van der Waals surface area contributed by atoms with E-state index < -0.39 is 0 Å². The highest BCUT2D eigenvalue weighted by atomic mass is 16.5. The number of hydrogen-bond donors (Lipinski definition) is 2. The molecule has 0 saturated heterocycles. The molecule has 2 aromatic rings. The van der Waals surface area contributed by atoms with E-state index in [2.05, 4.69) is 31.4 Å². The molecule has 0 bridgehead atoms. The maximum Gasteiger partial charge on any atom is 0.262 e. The van der Waals surface area contributed by atoms with Gasteiger partial charge in [-0.05, 0) is 54.2 Å². The van der Waals surface area contributed by atoms with Crippen molar-refractivity contribution in [2.45, 2.75) is 52.4 Å². The topological polar surface area (TPSA) is 67.4 Å². The summed E-state index contributed by atoms with van der Waals surface area (Å²) in [5.41, 5.74) is 2.64. The summed E-state index contributed by atoms with van der Waals surface area (Å²) in [5.74, 6) is 0.366. The number of rotatable bonds is 9. The molecule has 0 radical (unpaired) electrons. The number of benzene rings is 2. The number of hydrogen-bond acceptors (Lipinski definition) is 3. The van der Waals surface area contributed by atoms with Gasteiger partial charge in [-0.25, -0.2) is 0 Å². The minimum Gasteiger partial charge on any atom is -0.484 e. The van der Waals surface area contributed by atoms with Crippen LogP contribution in [-0.4, -0.2) is 18.4 Å². The number of amides is 2. The van der Waals surface area contributed by atoms with Crippen molar-refractivity contribution in [3.8, 4) is 5.75 Å². The summed E-state index contributed by atoms with van der Waals surface area (Å²) in [6.07, 6.45) is 2.31. The Morgan fingerprint density at radius 1 is 0.929 bits per heavy atom. The second-order valence-electron chi connectivity index (χ2n) is 7.48. The summed E-state index contributed by atoms with van der Waals surface area (Å²) in [4.78, 5) is 23.9. The number of carbonyl (C=O) groups is 2. The van der Waals surface area contributed by atoms with E-state index in [0.29, 0.717) is 23.5 Å². The van der Waals surface area contributed by atoms with Gasteiger partial charge in [0.2, 0.25) is 5.91 Å². The molecule has 28 heavy (non-hydrogen) atoms. The standard InChI is InChI=1S/C23H30N2O3/c1-5-8-21(26)24-18-9-7-10-19(15-18)25-22(27)16-28-20-13-11-17(12-14-20)23(3,4)6-2/h7,9-15H,5-6,8,16H2,1-4H3,(H,24,26)(H,25,27). The van der Waals surface area contributed by atoms with E-state index in [4.69, 9.17) is 4.74 Å². The Kier molecular flexibility index (Phi) is 7.61. The first kappa shape index (κ1) is 21.5. The van der Waals surface area contributed by atoms with Crippen LogP contribution >= 0.6 is 0 Å². The van der Waals surface area contributed by atoms with E-state index in [1.165, 1.54) is 5.56 Å². The molecule has 5 heteroatoms. The van der Waals surface area contributed by atoms with Crippen molar-refractivity contribution in [1.29, 1.82) is 0 Å². The van der Waals surface area contributed by atoms with E-state index in [9.17, 15) is 9.59 Å². The summed E-state index contributed by atoms with van der Waals surface area (Å²) in [7, 11) is 0. The molecule has 0 aliphatic heterocycles. The monoisotopic (exact) mass is 382 g/mol. The lowest BCUT2D eigenvalue weighted by Gasteiger charge is -2.23. The highest BCUT2D eigenvalue weighted by molar-refractivity contribution is 5.94. The van der Waals surface area contributed by atoms with Crippen LogP contribution in [0.5, 0.6) is 5.75 Å². The smallest absolute Gasteiger partial charge is 0.262 e. The Balaban J connectivity index is 1.88. The maximum atomic E-state index is 12.2. The van der Waals surface area contributed by atoms with Gasteiger partial charge in [0.1, 0.15) is 5.75 Å². The normalized spacial score (nSPS) is 11.0.